The van der Waals surface area contributed by atoms with Crippen LogP contribution in [-0.2, 0) is 0 Å². The molecule has 0 amide bonds. The minimum Gasteiger partial charge on any atom is -0.456 e. The summed E-state index contributed by atoms with van der Waals surface area (Å²) in [4.78, 5) is 4.57. The molecule has 0 atom stereocenters. The van der Waals surface area contributed by atoms with E-state index in [0.717, 1.165) is 46.8 Å². The van der Waals surface area contributed by atoms with Gasteiger partial charge in [0.05, 0.1) is 6.54 Å². The van der Waals surface area contributed by atoms with E-state index in [9.17, 15) is 0 Å². The topological polar surface area (TPSA) is 37.5 Å². The molecule has 0 aliphatic carbocycles. The molecule has 1 aliphatic heterocycles. The predicted molar refractivity (Wildman–Crippen MR) is 111 cm³/mol. The molecule has 1 aliphatic rings. The first-order valence-electron chi connectivity index (χ1n) is 9.27. The number of fused-ring (bicyclic) bond motifs is 1. The Kier molecular flexibility index (Phi) is 3.79. The zero-order valence-corrected chi connectivity index (χ0v) is 15.2. The van der Waals surface area contributed by atoms with Gasteiger partial charge in [-0.25, -0.2) is 0 Å². The van der Waals surface area contributed by atoms with Gasteiger partial charge in [-0.15, -0.1) is 0 Å². The number of furan rings is 1. The maximum absolute atomic E-state index is 6.18. The summed E-state index contributed by atoms with van der Waals surface area (Å²) in [6.07, 6.45) is 0. The molecule has 3 nitrogen and oxygen atoms in total. The van der Waals surface area contributed by atoms with E-state index < -0.39 is 0 Å². The molecule has 0 saturated heterocycles. The van der Waals surface area contributed by atoms with Crippen molar-refractivity contribution < 1.29 is 4.42 Å². The summed E-state index contributed by atoms with van der Waals surface area (Å²) < 4.78 is 6.18. The van der Waals surface area contributed by atoms with Crippen LogP contribution in [-0.4, -0.2) is 18.9 Å². The van der Waals surface area contributed by atoms with Crippen LogP contribution in [0.2, 0.25) is 0 Å². The first-order chi connectivity index (χ1) is 13.3. The van der Waals surface area contributed by atoms with E-state index in [1.165, 1.54) is 16.7 Å². The number of amidine groups is 1. The molecular formula is C24H20N2O. The first kappa shape index (κ1) is 15.9. The van der Waals surface area contributed by atoms with Gasteiger partial charge < -0.3 is 9.73 Å². The Bertz CT molecular complexity index is 1150. The van der Waals surface area contributed by atoms with Crippen LogP contribution in [0.4, 0.5) is 0 Å². The highest BCUT2D eigenvalue weighted by molar-refractivity contribution is 6.05. The Labute approximate surface area is 158 Å². The van der Waals surface area contributed by atoms with Crippen molar-refractivity contribution in [3.05, 3.63) is 83.9 Å². The summed E-state index contributed by atoms with van der Waals surface area (Å²) in [6, 6.07) is 25.4. The van der Waals surface area contributed by atoms with Crippen molar-refractivity contribution in [2.75, 3.05) is 13.1 Å². The summed E-state index contributed by atoms with van der Waals surface area (Å²) in [5, 5.41) is 4.47. The SMILES string of the molecule is Cc1ccc(-c2ccc3oc(-c4ccccc4C4=NCCN4)cc3c2)cc1. The van der Waals surface area contributed by atoms with Crippen molar-refractivity contribution in [3.63, 3.8) is 0 Å². The third-order valence-electron chi connectivity index (χ3n) is 5.02. The van der Waals surface area contributed by atoms with Crippen LogP contribution >= 0.6 is 0 Å². The molecule has 1 N–H and O–H groups in total. The van der Waals surface area contributed by atoms with Crippen LogP contribution in [0.5, 0.6) is 0 Å². The highest BCUT2D eigenvalue weighted by Crippen LogP contribution is 2.33. The Balaban J connectivity index is 1.59. The zero-order chi connectivity index (χ0) is 18.2. The number of aliphatic imine (C=N–C) groups is 1. The second-order valence-electron chi connectivity index (χ2n) is 6.93. The number of aryl methyl sites for hydroxylation is 1. The largest absolute Gasteiger partial charge is 0.456 e. The molecule has 27 heavy (non-hydrogen) atoms. The Morgan fingerprint density at radius 2 is 1.63 bits per heavy atom. The standard InChI is InChI=1S/C24H20N2O/c1-16-6-8-17(9-7-16)18-10-11-22-19(14-18)15-23(27-22)20-4-2-3-5-21(20)24-25-12-13-26-24/h2-11,14-15H,12-13H2,1H3,(H,25,26). The summed E-state index contributed by atoms with van der Waals surface area (Å²) in [7, 11) is 0. The second kappa shape index (κ2) is 6.44. The third kappa shape index (κ3) is 2.91. The van der Waals surface area contributed by atoms with Gasteiger partial charge in [0.2, 0.25) is 0 Å². The van der Waals surface area contributed by atoms with Crippen LogP contribution in [0.1, 0.15) is 11.1 Å². The molecule has 3 aromatic carbocycles. The van der Waals surface area contributed by atoms with Crippen molar-refractivity contribution in [1.29, 1.82) is 0 Å². The minimum absolute atomic E-state index is 0.823. The summed E-state index contributed by atoms with van der Waals surface area (Å²) >= 11 is 0. The highest BCUT2D eigenvalue weighted by atomic mass is 16.3. The van der Waals surface area contributed by atoms with Gasteiger partial charge in [0, 0.05) is 23.1 Å². The maximum Gasteiger partial charge on any atom is 0.136 e. The molecule has 5 rings (SSSR count). The van der Waals surface area contributed by atoms with Gasteiger partial charge in [-0.3, -0.25) is 4.99 Å². The molecule has 0 radical (unpaired) electrons. The van der Waals surface area contributed by atoms with Crippen LogP contribution in [0.3, 0.4) is 0 Å². The van der Waals surface area contributed by atoms with Gasteiger partial charge in [0.15, 0.2) is 0 Å². The normalized spacial score (nSPS) is 13.6. The monoisotopic (exact) mass is 352 g/mol. The van der Waals surface area contributed by atoms with E-state index in [2.05, 4.69) is 77.9 Å². The van der Waals surface area contributed by atoms with Gasteiger partial charge in [-0.05, 0) is 36.2 Å². The average Bonchev–Trinajstić information content (AvgIpc) is 3.38. The molecule has 132 valence electrons. The fourth-order valence-corrected chi connectivity index (χ4v) is 3.58. The van der Waals surface area contributed by atoms with Crippen molar-refractivity contribution >= 4 is 16.8 Å². The number of nitrogens with zero attached hydrogens (tertiary/aromatic N) is 1. The fraction of sp³-hybridized carbons (Fsp3) is 0.125. The molecule has 3 heteroatoms. The molecule has 0 saturated carbocycles. The van der Waals surface area contributed by atoms with E-state index >= 15 is 0 Å². The summed E-state index contributed by atoms with van der Waals surface area (Å²) in [5.41, 5.74) is 6.74. The van der Waals surface area contributed by atoms with Gasteiger partial charge in [-0.2, -0.15) is 0 Å². The number of hydrogen-bond donors (Lipinski definition) is 1. The van der Waals surface area contributed by atoms with E-state index in [1.54, 1.807) is 0 Å². The molecule has 1 aromatic heterocycles. The highest BCUT2D eigenvalue weighted by Gasteiger charge is 2.16. The first-order valence-corrected chi connectivity index (χ1v) is 9.27. The molecule has 0 fully saturated rings. The molecule has 0 spiro atoms. The number of benzene rings is 3. The lowest BCUT2D eigenvalue weighted by Gasteiger charge is -2.07. The molecular weight excluding hydrogens is 332 g/mol. The lowest BCUT2D eigenvalue weighted by Crippen LogP contribution is -2.20. The minimum atomic E-state index is 0.823. The van der Waals surface area contributed by atoms with Crippen molar-refractivity contribution in [2.24, 2.45) is 4.99 Å². The Morgan fingerprint density at radius 1 is 0.852 bits per heavy atom. The van der Waals surface area contributed by atoms with Crippen molar-refractivity contribution in [1.82, 2.24) is 5.32 Å². The fourth-order valence-electron chi connectivity index (χ4n) is 3.58. The van der Waals surface area contributed by atoms with Gasteiger partial charge in [0.1, 0.15) is 17.2 Å². The molecule has 0 unspecified atom stereocenters. The van der Waals surface area contributed by atoms with E-state index in [4.69, 9.17) is 4.42 Å². The summed E-state index contributed by atoms with van der Waals surface area (Å²) in [5.74, 6) is 1.82. The van der Waals surface area contributed by atoms with Gasteiger partial charge in [0.25, 0.3) is 0 Å². The van der Waals surface area contributed by atoms with Crippen LogP contribution in [0.25, 0.3) is 33.4 Å². The quantitative estimate of drug-likeness (QED) is 0.534. The van der Waals surface area contributed by atoms with Gasteiger partial charge in [-0.1, -0.05) is 60.2 Å². The Hall–Kier alpha value is -3.33. The molecule has 2 heterocycles. The van der Waals surface area contributed by atoms with Crippen LogP contribution in [0, 0.1) is 6.92 Å². The molecule has 4 aromatic rings. The van der Waals surface area contributed by atoms with Crippen molar-refractivity contribution in [3.8, 4) is 22.5 Å². The summed E-state index contributed by atoms with van der Waals surface area (Å²) in [6.45, 7) is 3.82. The lowest BCUT2D eigenvalue weighted by atomic mass is 10.0. The van der Waals surface area contributed by atoms with Crippen molar-refractivity contribution in [2.45, 2.75) is 6.92 Å². The van der Waals surface area contributed by atoms with E-state index in [0.29, 0.717) is 0 Å². The van der Waals surface area contributed by atoms with Crippen LogP contribution < -0.4 is 5.32 Å². The van der Waals surface area contributed by atoms with E-state index in [1.807, 2.05) is 12.1 Å². The predicted octanol–water partition coefficient (Wildman–Crippen LogP) is 5.43. The average molecular weight is 352 g/mol. The Morgan fingerprint density at radius 3 is 2.41 bits per heavy atom. The second-order valence-corrected chi connectivity index (χ2v) is 6.93. The lowest BCUT2D eigenvalue weighted by molar-refractivity contribution is 0.631. The van der Waals surface area contributed by atoms with E-state index in [-0.39, 0.29) is 0 Å². The smallest absolute Gasteiger partial charge is 0.136 e. The maximum atomic E-state index is 6.18. The number of rotatable bonds is 3. The molecule has 0 bridgehead atoms. The van der Waals surface area contributed by atoms with Gasteiger partial charge >= 0.3 is 0 Å². The van der Waals surface area contributed by atoms with Crippen LogP contribution in [0.15, 0.2) is 82.2 Å². The number of hydrogen-bond acceptors (Lipinski definition) is 3. The third-order valence-corrected chi connectivity index (χ3v) is 5.02. The number of nitrogens with one attached hydrogen (secondary N) is 1. The zero-order valence-electron chi connectivity index (χ0n) is 15.2.